The molecule has 2 aromatic rings. The fourth-order valence-electron chi connectivity index (χ4n) is 2.19. The maximum atomic E-state index is 9.46. The van der Waals surface area contributed by atoms with E-state index in [0.29, 0.717) is 28.7 Å². The third-order valence-electron chi connectivity index (χ3n) is 3.39. The minimum absolute atomic E-state index is 0.331. The Morgan fingerprint density at radius 2 is 2.00 bits per heavy atom. The van der Waals surface area contributed by atoms with Crippen LogP contribution in [0.3, 0.4) is 0 Å². The van der Waals surface area contributed by atoms with Gasteiger partial charge in [-0.05, 0) is 36.3 Å². The molecule has 0 saturated carbocycles. The third kappa shape index (κ3) is 4.18. The van der Waals surface area contributed by atoms with Crippen molar-refractivity contribution in [1.82, 2.24) is 0 Å². The zero-order valence-corrected chi connectivity index (χ0v) is 14.4. The lowest BCUT2D eigenvalue weighted by Gasteiger charge is -2.12. The highest BCUT2D eigenvalue weighted by molar-refractivity contribution is 6.32. The fourth-order valence-corrected chi connectivity index (χ4v) is 2.46. The number of hydrogen-bond donors (Lipinski definition) is 0. The second-order valence-electron chi connectivity index (χ2n) is 5.17. The Balaban J connectivity index is 2.43. The van der Waals surface area contributed by atoms with Gasteiger partial charge in [-0.1, -0.05) is 54.1 Å². The first kappa shape index (κ1) is 17.7. The van der Waals surface area contributed by atoms with E-state index in [2.05, 4.69) is 12.6 Å². The van der Waals surface area contributed by atoms with E-state index in [1.807, 2.05) is 31.2 Å². The largest absolute Gasteiger partial charge is 0.493 e. The van der Waals surface area contributed by atoms with Crippen molar-refractivity contribution < 1.29 is 9.47 Å². The maximum absolute atomic E-state index is 9.46. The molecule has 0 aromatic heterocycles. The van der Waals surface area contributed by atoms with Crippen molar-refractivity contribution in [2.75, 3.05) is 13.7 Å². The molecule has 0 aliphatic rings. The van der Waals surface area contributed by atoms with Gasteiger partial charge in [0.2, 0.25) is 0 Å². The normalized spacial score (nSPS) is 10.8. The van der Waals surface area contributed by atoms with E-state index in [4.69, 9.17) is 21.1 Å². The van der Waals surface area contributed by atoms with Crippen LogP contribution in [0.25, 0.3) is 11.6 Å². The standard InChI is InChI=1S/C20H18ClNO2/c1-4-9-24-20-18(21)11-15(12-19(20)23-3)10-17(13-22)16-7-5-14(2)6-8-16/h4-8,10-12H,1,9H2,2-3H3/b17-10+. The molecule has 0 atom stereocenters. The number of halogens is 1. The Kier molecular flexibility index (Phi) is 6.06. The number of nitriles is 1. The van der Waals surface area contributed by atoms with Crippen molar-refractivity contribution in [3.63, 3.8) is 0 Å². The van der Waals surface area contributed by atoms with Crippen LogP contribution < -0.4 is 9.47 Å². The van der Waals surface area contributed by atoms with Crippen LogP contribution in [0.5, 0.6) is 11.5 Å². The SMILES string of the molecule is C=CCOc1c(Cl)cc(/C=C(\C#N)c2ccc(C)cc2)cc1OC. The molecule has 2 rings (SSSR count). The third-order valence-corrected chi connectivity index (χ3v) is 3.67. The number of ether oxygens (including phenoxy) is 2. The van der Waals surface area contributed by atoms with E-state index >= 15 is 0 Å². The fraction of sp³-hybridized carbons (Fsp3) is 0.150. The molecule has 24 heavy (non-hydrogen) atoms. The Hall–Kier alpha value is -2.70. The van der Waals surface area contributed by atoms with Crippen molar-refractivity contribution >= 4 is 23.3 Å². The summed E-state index contributed by atoms with van der Waals surface area (Å²) < 4.78 is 10.9. The zero-order valence-electron chi connectivity index (χ0n) is 13.7. The summed E-state index contributed by atoms with van der Waals surface area (Å²) in [4.78, 5) is 0. The van der Waals surface area contributed by atoms with Gasteiger partial charge in [-0.15, -0.1) is 0 Å². The molecule has 0 amide bonds. The number of allylic oxidation sites excluding steroid dienone is 1. The van der Waals surface area contributed by atoms with Gasteiger partial charge in [0.1, 0.15) is 6.61 Å². The monoisotopic (exact) mass is 339 g/mol. The van der Waals surface area contributed by atoms with Gasteiger partial charge in [-0.25, -0.2) is 0 Å². The molecule has 2 aromatic carbocycles. The summed E-state index contributed by atoms with van der Waals surface area (Å²) >= 11 is 6.29. The smallest absolute Gasteiger partial charge is 0.180 e. The predicted octanol–water partition coefficient (Wildman–Crippen LogP) is 5.29. The summed E-state index contributed by atoms with van der Waals surface area (Å²) in [6, 6.07) is 13.5. The second kappa shape index (κ2) is 8.24. The molecule has 0 N–H and O–H groups in total. The zero-order chi connectivity index (χ0) is 17.5. The first-order chi connectivity index (χ1) is 11.6. The van der Waals surface area contributed by atoms with Crippen LogP contribution in [0, 0.1) is 18.3 Å². The molecule has 0 saturated heterocycles. The highest BCUT2D eigenvalue weighted by Crippen LogP contribution is 2.37. The van der Waals surface area contributed by atoms with Gasteiger partial charge >= 0.3 is 0 Å². The molecular formula is C20H18ClNO2. The molecule has 122 valence electrons. The van der Waals surface area contributed by atoms with E-state index in [1.165, 1.54) is 0 Å². The van der Waals surface area contributed by atoms with Crippen molar-refractivity contribution in [3.8, 4) is 17.6 Å². The summed E-state index contributed by atoms with van der Waals surface area (Å²) in [6.07, 6.45) is 3.41. The molecule has 0 spiro atoms. The van der Waals surface area contributed by atoms with Crippen molar-refractivity contribution in [2.45, 2.75) is 6.92 Å². The van der Waals surface area contributed by atoms with E-state index in [1.54, 1.807) is 31.4 Å². The van der Waals surface area contributed by atoms with E-state index in [9.17, 15) is 5.26 Å². The van der Waals surface area contributed by atoms with Gasteiger partial charge in [0.25, 0.3) is 0 Å². The summed E-state index contributed by atoms with van der Waals surface area (Å²) in [5.74, 6) is 0.974. The van der Waals surface area contributed by atoms with E-state index < -0.39 is 0 Å². The Labute approximate surface area is 147 Å². The first-order valence-corrected chi connectivity index (χ1v) is 7.77. The molecule has 0 unspecified atom stereocenters. The predicted molar refractivity (Wildman–Crippen MR) is 98.4 cm³/mol. The molecule has 0 heterocycles. The van der Waals surface area contributed by atoms with Crippen LogP contribution in [0.15, 0.2) is 49.1 Å². The molecule has 0 radical (unpaired) electrons. The summed E-state index contributed by atoms with van der Waals surface area (Å²) in [7, 11) is 1.55. The van der Waals surface area contributed by atoms with Crippen LogP contribution >= 0.6 is 11.6 Å². The lowest BCUT2D eigenvalue weighted by molar-refractivity contribution is 0.326. The Morgan fingerprint density at radius 3 is 2.58 bits per heavy atom. The Bertz CT molecular complexity index is 802. The van der Waals surface area contributed by atoms with Gasteiger partial charge < -0.3 is 9.47 Å². The molecule has 0 aliphatic carbocycles. The molecule has 0 aliphatic heterocycles. The van der Waals surface area contributed by atoms with Crippen LogP contribution in [0.2, 0.25) is 5.02 Å². The summed E-state index contributed by atoms with van der Waals surface area (Å²) in [5, 5.41) is 9.88. The number of methoxy groups -OCH3 is 1. The molecule has 3 nitrogen and oxygen atoms in total. The van der Waals surface area contributed by atoms with Crippen molar-refractivity contribution in [2.24, 2.45) is 0 Å². The van der Waals surface area contributed by atoms with Gasteiger partial charge in [-0.3, -0.25) is 0 Å². The number of hydrogen-bond acceptors (Lipinski definition) is 3. The Morgan fingerprint density at radius 1 is 1.29 bits per heavy atom. The van der Waals surface area contributed by atoms with Crippen molar-refractivity contribution in [1.29, 1.82) is 5.26 Å². The van der Waals surface area contributed by atoms with E-state index in [0.717, 1.165) is 16.7 Å². The summed E-state index contributed by atoms with van der Waals surface area (Å²) in [5.41, 5.74) is 3.31. The highest BCUT2D eigenvalue weighted by atomic mass is 35.5. The van der Waals surface area contributed by atoms with Gasteiger partial charge in [0.15, 0.2) is 11.5 Å². The quantitative estimate of drug-likeness (QED) is 0.408. The summed E-state index contributed by atoms with van der Waals surface area (Å²) in [6.45, 7) is 5.95. The number of rotatable bonds is 6. The first-order valence-electron chi connectivity index (χ1n) is 7.39. The minimum atomic E-state index is 0.331. The molecule has 0 fully saturated rings. The average Bonchev–Trinajstić information content (AvgIpc) is 2.59. The van der Waals surface area contributed by atoms with Crippen LogP contribution in [0.1, 0.15) is 16.7 Å². The number of nitrogens with zero attached hydrogens (tertiary/aromatic N) is 1. The second-order valence-corrected chi connectivity index (χ2v) is 5.58. The van der Waals surface area contributed by atoms with Gasteiger partial charge in [-0.2, -0.15) is 5.26 Å². The number of aryl methyl sites for hydroxylation is 1. The molecule has 0 bridgehead atoms. The van der Waals surface area contributed by atoms with Gasteiger partial charge in [0.05, 0.1) is 23.8 Å². The van der Waals surface area contributed by atoms with Crippen LogP contribution in [-0.2, 0) is 0 Å². The van der Waals surface area contributed by atoms with Crippen LogP contribution in [-0.4, -0.2) is 13.7 Å². The van der Waals surface area contributed by atoms with Crippen LogP contribution in [0.4, 0.5) is 0 Å². The van der Waals surface area contributed by atoms with E-state index in [-0.39, 0.29) is 0 Å². The topological polar surface area (TPSA) is 42.2 Å². The van der Waals surface area contributed by atoms with Gasteiger partial charge in [0, 0.05) is 0 Å². The highest BCUT2D eigenvalue weighted by Gasteiger charge is 2.12. The lowest BCUT2D eigenvalue weighted by Crippen LogP contribution is -1.97. The minimum Gasteiger partial charge on any atom is -0.493 e. The molecule has 4 heteroatoms. The van der Waals surface area contributed by atoms with Crippen molar-refractivity contribution in [3.05, 3.63) is 70.8 Å². The lowest BCUT2D eigenvalue weighted by atomic mass is 10.0. The molecular weight excluding hydrogens is 322 g/mol. The average molecular weight is 340 g/mol. The number of benzene rings is 2. The maximum Gasteiger partial charge on any atom is 0.180 e.